The number of hydrogen-bond acceptors (Lipinski definition) is 4. The van der Waals surface area contributed by atoms with Gasteiger partial charge in [0.05, 0.1) is 12.9 Å². The number of thioether (sulfide) groups is 1. The zero-order chi connectivity index (χ0) is 24.4. The van der Waals surface area contributed by atoms with E-state index in [0.717, 1.165) is 23.3 Å². The second-order valence-corrected chi connectivity index (χ2v) is 9.67. The Morgan fingerprint density at radius 2 is 1.79 bits per heavy atom. The number of benzene rings is 2. The molecule has 0 radical (unpaired) electrons. The topological polar surface area (TPSA) is 58.6 Å². The van der Waals surface area contributed by atoms with E-state index in [1.54, 1.807) is 30.2 Å². The van der Waals surface area contributed by atoms with Gasteiger partial charge < -0.3 is 15.0 Å². The van der Waals surface area contributed by atoms with Gasteiger partial charge in [0, 0.05) is 28.4 Å². The van der Waals surface area contributed by atoms with E-state index in [1.807, 2.05) is 45.0 Å². The van der Waals surface area contributed by atoms with Gasteiger partial charge in [0.1, 0.15) is 11.8 Å². The lowest BCUT2D eigenvalue weighted by Crippen LogP contribution is -2.51. The maximum Gasteiger partial charge on any atom is 0.243 e. The number of carbonyl (C=O) groups is 2. The Hall–Kier alpha value is -1.89. The van der Waals surface area contributed by atoms with Gasteiger partial charge >= 0.3 is 0 Å². The summed E-state index contributed by atoms with van der Waals surface area (Å²) in [6, 6.07) is 12.4. The Labute approximate surface area is 211 Å². The van der Waals surface area contributed by atoms with E-state index in [1.165, 1.54) is 11.8 Å². The number of rotatable bonds is 12. The molecule has 2 amide bonds. The number of nitrogens with one attached hydrogen (secondary N) is 1. The van der Waals surface area contributed by atoms with Crippen LogP contribution in [0, 0.1) is 0 Å². The number of nitrogens with zero attached hydrogens (tertiary/aromatic N) is 1. The highest BCUT2D eigenvalue weighted by Gasteiger charge is 2.29. The van der Waals surface area contributed by atoms with Gasteiger partial charge in [-0.3, -0.25) is 9.59 Å². The van der Waals surface area contributed by atoms with Crippen molar-refractivity contribution in [3.05, 3.63) is 63.6 Å². The van der Waals surface area contributed by atoms with Crippen molar-refractivity contribution in [2.75, 3.05) is 12.9 Å². The summed E-state index contributed by atoms with van der Waals surface area (Å²) in [5.41, 5.74) is 1.85. The SMILES string of the molecule is CC[C@H](C)NC(=O)[C@H](CC)N(Cc1ccc(Cl)cc1Cl)C(=O)CSCc1ccc(OC)cc1. The minimum atomic E-state index is -0.583. The maximum absolute atomic E-state index is 13.3. The molecule has 2 aromatic carbocycles. The molecule has 180 valence electrons. The predicted octanol–water partition coefficient (Wildman–Crippen LogP) is 5.96. The first-order valence-corrected chi connectivity index (χ1v) is 12.9. The van der Waals surface area contributed by atoms with Crippen LogP contribution in [0.4, 0.5) is 0 Å². The van der Waals surface area contributed by atoms with Crippen LogP contribution in [0.3, 0.4) is 0 Å². The van der Waals surface area contributed by atoms with E-state index in [9.17, 15) is 9.59 Å². The Kier molecular flexibility index (Phi) is 11.4. The molecule has 0 aliphatic rings. The van der Waals surface area contributed by atoms with E-state index in [2.05, 4.69) is 5.32 Å². The molecule has 8 heteroatoms. The largest absolute Gasteiger partial charge is 0.497 e. The molecule has 0 fully saturated rings. The minimum absolute atomic E-state index is 0.0343. The number of methoxy groups -OCH3 is 1. The molecule has 0 unspecified atom stereocenters. The Balaban J connectivity index is 2.16. The van der Waals surface area contributed by atoms with Gasteiger partial charge in [0.2, 0.25) is 11.8 Å². The summed E-state index contributed by atoms with van der Waals surface area (Å²) in [5.74, 6) is 1.48. The molecular formula is C25H32Cl2N2O3S. The van der Waals surface area contributed by atoms with Crippen LogP contribution in [0.1, 0.15) is 44.7 Å². The number of amides is 2. The second-order valence-electron chi connectivity index (χ2n) is 7.84. The summed E-state index contributed by atoms with van der Waals surface area (Å²) in [7, 11) is 1.63. The van der Waals surface area contributed by atoms with Crippen molar-refractivity contribution in [2.45, 2.75) is 58.0 Å². The molecule has 5 nitrogen and oxygen atoms in total. The average Bonchev–Trinajstić information content (AvgIpc) is 2.80. The van der Waals surface area contributed by atoms with Crippen LogP contribution < -0.4 is 10.1 Å². The van der Waals surface area contributed by atoms with E-state index in [4.69, 9.17) is 27.9 Å². The van der Waals surface area contributed by atoms with E-state index < -0.39 is 6.04 Å². The second kappa shape index (κ2) is 13.7. The lowest BCUT2D eigenvalue weighted by atomic mass is 10.1. The van der Waals surface area contributed by atoms with E-state index >= 15 is 0 Å². The molecule has 0 spiro atoms. The first-order valence-electron chi connectivity index (χ1n) is 11.0. The summed E-state index contributed by atoms with van der Waals surface area (Å²) in [6.45, 7) is 6.12. The summed E-state index contributed by atoms with van der Waals surface area (Å²) < 4.78 is 5.19. The van der Waals surface area contributed by atoms with Crippen molar-refractivity contribution < 1.29 is 14.3 Å². The molecule has 2 atom stereocenters. The standard InChI is InChI=1S/C25H32Cl2N2O3S/c1-5-17(3)28-25(31)23(6-2)29(14-19-9-10-20(26)13-22(19)27)24(30)16-33-15-18-7-11-21(32-4)12-8-18/h7-13,17,23H,5-6,14-16H2,1-4H3,(H,28,31)/t17-,23-/m0/s1. The lowest BCUT2D eigenvalue weighted by Gasteiger charge is -2.31. The predicted molar refractivity (Wildman–Crippen MR) is 138 cm³/mol. The summed E-state index contributed by atoms with van der Waals surface area (Å²) >= 11 is 13.9. The fourth-order valence-electron chi connectivity index (χ4n) is 3.25. The van der Waals surface area contributed by atoms with Gasteiger partial charge in [-0.2, -0.15) is 0 Å². The highest BCUT2D eigenvalue weighted by molar-refractivity contribution is 7.99. The number of ether oxygens (including phenoxy) is 1. The smallest absolute Gasteiger partial charge is 0.243 e. The van der Waals surface area contributed by atoms with Gasteiger partial charge in [0.25, 0.3) is 0 Å². The number of hydrogen-bond donors (Lipinski definition) is 1. The van der Waals surface area contributed by atoms with Crippen LogP contribution in [-0.4, -0.2) is 41.7 Å². The van der Waals surface area contributed by atoms with E-state index in [0.29, 0.717) is 22.2 Å². The monoisotopic (exact) mass is 510 g/mol. The molecule has 2 rings (SSSR count). The molecule has 0 aromatic heterocycles. The normalized spacial score (nSPS) is 12.7. The van der Waals surface area contributed by atoms with Crippen molar-refractivity contribution in [1.29, 1.82) is 0 Å². The molecule has 2 aromatic rings. The molecule has 0 aliphatic carbocycles. The van der Waals surface area contributed by atoms with Gasteiger partial charge in [-0.15, -0.1) is 11.8 Å². The highest BCUT2D eigenvalue weighted by Crippen LogP contribution is 2.25. The fraction of sp³-hybridized carbons (Fsp3) is 0.440. The minimum Gasteiger partial charge on any atom is -0.497 e. The molecule has 0 bridgehead atoms. The molecule has 0 saturated carbocycles. The first-order chi connectivity index (χ1) is 15.8. The quantitative estimate of drug-likeness (QED) is 0.382. The van der Waals surface area contributed by atoms with Crippen molar-refractivity contribution in [2.24, 2.45) is 0 Å². The van der Waals surface area contributed by atoms with Crippen molar-refractivity contribution >= 4 is 46.8 Å². The molecular weight excluding hydrogens is 479 g/mol. The van der Waals surface area contributed by atoms with Crippen LogP contribution >= 0.6 is 35.0 Å². The fourth-order valence-corrected chi connectivity index (χ4v) is 4.59. The third-order valence-electron chi connectivity index (χ3n) is 5.40. The summed E-state index contributed by atoms with van der Waals surface area (Å²) in [4.78, 5) is 27.9. The molecule has 0 aliphatic heterocycles. The molecule has 33 heavy (non-hydrogen) atoms. The zero-order valence-corrected chi connectivity index (χ0v) is 21.9. The van der Waals surface area contributed by atoms with Crippen molar-refractivity contribution in [3.63, 3.8) is 0 Å². The Bertz CT molecular complexity index is 924. The van der Waals surface area contributed by atoms with Crippen LogP contribution in [0.2, 0.25) is 10.0 Å². The molecule has 0 heterocycles. The highest BCUT2D eigenvalue weighted by atomic mass is 35.5. The summed E-state index contributed by atoms with van der Waals surface area (Å²) in [5, 5.41) is 4.01. The summed E-state index contributed by atoms with van der Waals surface area (Å²) in [6.07, 6.45) is 1.32. The maximum atomic E-state index is 13.3. The Morgan fingerprint density at radius 3 is 2.36 bits per heavy atom. The van der Waals surface area contributed by atoms with Crippen molar-refractivity contribution in [3.8, 4) is 5.75 Å². The van der Waals surface area contributed by atoms with Gasteiger partial charge in [-0.1, -0.05) is 55.2 Å². The van der Waals surface area contributed by atoms with Crippen LogP contribution in [0.5, 0.6) is 5.75 Å². The number of halogens is 2. The average molecular weight is 512 g/mol. The van der Waals surface area contributed by atoms with Crippen LogP contribution in [0.15, 0.2) is 42.5 Å². The van der Waals surface area contributed by atoms with Crippen molar-refractivity contribution in [1.82, 2.24) is 10.2 Å². The molecule has 1 N–H and O–H groups in total. The third-order valence-corrected chi connectivity index (χ3v) is 6.97. The van der Waals surface area contributed by atoms with Crippen LogP contribution in [-0.2, 0) is 21.9 Å². The lowest BCUT2D eigenvalue weighted by molar-refractivity contribution is -0.139. The van der Waals surface area contributed by atoms with E-state index in [-0.39, 0.29) is 30.2 Å². The molecule has 0 saturated heterocycles. The Morgan fingerprint density at radius 1 is 1.09 bits per heavy atom. The van der Waals surface area contributed by atoms with Gasteiger partial charge in [-0.25, -0.2) is 0 Å². The third kappa shape index (κ3) is 8.43. The first kappa shape index (κ1) is 27.4. The van der Waals surface area contributed by atoms with Gasteiger partial charge in [-0.05, 0) is 55.2 Å². The number of carbonyl (C=O) groups excluding carboxylic acids is 2. The van der Waals surface area contributed by atoms with Gasteiger partial charge in [0.15, 0.2) is 0 Å². The van der Waals surface area contributed by atoms with Crippen LogP contribution in [0.25, 0.3) is 0 Å². The zero-order valence-electron chi connectivity index (χ0n) is 19.6.